The number of halogens is 1. The maximum atomic E-state index is 13.4. The average molecular weight is 379 g/mol. The zero-order valence-corrected chi connectivity index (χ0v) is 16.0. The molecule has 0 saturated carbocycles. The molecule has 0 bridgehead atoms. The summed E-state index contributed by atoms with van der Waals surface area (Å²) in [5, 5.41) is 4.71. The fourth-order valence-corrected chi connectivity index (χ4v) is 3.65. The summed E-state index contributed by atoms with van der Waals surface area (Å²) in [7, 11) is 1.61. The van der Waals surface area contributed by atoms with Gasteiger partial charge in [-0.25, -0.2) is 9.07 Å². The van der Waals surface area contributed by atoms with E-state index >= 15 is 0 Å². The molecule has 5 nitrogen and oxygen atoms in total. The minimum atomic E-state index is -0.315. The highest BCUT2D eigenvalue weighted by atomic mass is 19.1. The highest BCUT2D eigenvalue weighted by Crippen LogP contribution is 2.30. The van der Waals surface area contributed by atoms with Gasteiger partial charge in [0.05, 0.1) is 18.5 Å². The third kappa shape index (κ3) is 3.15. The van der Waals surface area contributed by atoms with Gasteiger partial charge in [-0.05, 0) is 61.4 Å². The van der Waals surface area contributed by atoms with Crippen LogP contribution in [0.15, 0.2) is 48.5 Å². The van der Waals surface area contributed by atoms with Crippen molar-refractivity contribution < 1.29 is 13.9 Å². The van der Waals surface area contributed by atoms with Crippen LogP contribution < -0.4 is 9.64 Å². The monoisotopic (exact) mass is 379 g/mol. The fourth-order valence-electron chi connectivity index (χ4n) is 3.65. The Bertz CT molecular complexity index is 994. The zero-order valence-electron chi connectivity index (χ0n) is 16.0. The molecule has 3 aromatic rings. The molecule has 0 N–H and O–H groups in total. The third-order valence-electron chi connectivity index (χ3n) is 5.04. The zero-order chi connectivity index (χ0) is 19.7. The van der Waals surface area contributed by atoms with E-state index in [1.165, 1.54) is 12.1 Å². The van der Waals surface area contributed by atoms with Crippen LogP contribution in [0.2, 0.25) is 0 Å². The number of hydrogen-bond donors (Lipinski definition) is 0. The van der Waals surface area contributed by atoms with Gasteiger partial charge < -0.3 is 9.64 Å². The summed E-state index contributed by atoms with van der Waals surface area (Å²) in [5.41, 5.74) is 4.02. The number of carbonyl (C=O) groups is 1. The van der Waals surface area contributed by atoms with E-state index in [9.17, 15) is 9.18 Å². The maximum Gasteiger partial charge on any atom is 0.277 e. The first-order chi connectivity index (χ1) is 13.6. The minimum absolute atomic E-state index is 0.0920. The molecule has 0 fully saturated rings. The quantitative estimate of drug-likeness (QED) is 0.668. The highest BCUT2D eigenvalue weighted by molar-refractivity contribution is 6.07. The molecule has 1 aliphatic rings. The van der Waals surface area contributed by atoms with Crippen molar-refractivity contribution in [2.24, 2.45) is 0 Å². The summed E-state index contributed by atoms with van der Waals surface area (Å²) in [6.45, 7) is 2.70. The molecule has 1 aliphatic heterocycles. The summed E-state index contributed by atoms with van der Waals surface area (Å²) in [5.74, 6) is 0.339. The number of aryl methyl sites for hydroxylation is 1. The summed E-state index contributed by atoms with van der Waals surface area (Å²) < 4.78 is 20.2. The molecule has 0 unspecified atom stereocenters. The summed E-state index contributed by atoms with van der Waals surface area (Å²) in [6, 6.07) is 13.5. The molecule has 0 spiro atoms. The van der Waals surface area contributed by atoms with Gasteiger partial charge in [-0.3, -0.25) is 4.79 Å². The maximum absolute atomic E-state index is 13.4. The molecule has 2 heterocycles. The molecule has 6 heteroatoms. The van der Waals surface area contributed by atoms with E-state index in [1.54, 1.807) is 28.8 Å². The second-order valence-electron chi connectivity index (χ2n) is 6.82. The number of hydrogen-bond acceptors (Lipinski definition) is 3. The van der Waals surface area contributed by atoms with Crippen molar-refractivity contribution in [2.45, 2.75) is 26.2 Å². The van der Waals surface area contributed by atoms with E-state index in [0.29, 0.717) is 17.9 Å². The van der Waals surface area contributed by atoms with E-state index in [0.717, 1.165) is 42.0 Å². The van der Waals surface area contributed by atoms with Crippen LogP contribution in [0.4, 0.5) is 10.1 Å². The predicted molar refractivity (Wildman–Crippen MR) is 106 cm³/mol. The number of amides is 1. The van der Waals surface area contributed by atoms with Crippen molar-refractivity contribution in [3.05, 3.63) is 71.3 Å². The number of aromatic nitrogens is 2. The summed E-state index contributed by atoms with van der Waals surface area (Å²) >= 11 is 0. The number of rotatable bonds is 5. The summed E-state index contributed by atoms with van der Waals surface area (Å²) in [4.78, 5) is 15.2. The number of ether oxygens (including phenoxy) is 1. The van der Waals surface area contributed by atoms with Crippen LogP contribution in [0.5, 0.6) is 5.75 Å². The van der Waals surface area contributed by atoms with E-state index in [-0.39, 0.29) is 11.7 Å². The Morgan fingerprint density at radius 3 is 2.39 bits per heavy atom. The Morgan fingerprint density at radius 2 is 1.75 bits per heavy atom. The normalized spacial score (nSPS) is 13.5. The van der Waals surface area contributed by atoms with E-state index in [2.05, 4.69) is 6.92 Å². The van der Waals surface area contributed by atoms with Crippen LogP contribution in [0.25, 0.3) is 5.69 Å². The lowest BCUT2D eigenvalue weighted by Gasteiger charge is -2.28. The molecule has 1 amide bonds. The van der Waals surface area contributed by atoms with Crippen molar-refractivity contribution in [1.82, 2.24) is 9.78 Å². The third-order valence-corrected chi connectivity index (χ3v) is 5.04. The van der Waals surface area contributed by atoms with Crippen LogP contribution >= 0.6 is 0 Å². The number of fused-ring (bicyclic) bond motifs is 1. The number of benzene rings is 2. The Morgan fingerprint density at radius 1 is 1.07 bits per heavy atom. The number of carbonyl (C=O) groups excluding carboxylic acids is 1. The van der Waals surface area contributed by atoms with Crippen LogP contribution in [-0.4, -0.2) is 29.3 Å². The highest BCUT2D eigenvalue weighted by Gasteiger charge is 2.32. The molecule has 4 rings (SSSR count). The molecule has 1 aromatic heterocycles. The Kier molecular flexibility index (Phi) is 4.86. The second kappa shape index (κ2) is 7.46. The van der Waals surface area contributed by atoms with E-state index in [1.807, 2.05) is 24.3 Å². The minimum Gasteiger partial charge on any atom is -0.497 e. The topological polar surface area (TPSA) is 47.4 Å². The van der Waals surface area contributed by atoms with Gasteiger partial charge in [0.25, 0.3) is 5.91 Å². The number of anilines is 1. The van der Waals surface area contributed by atoms with Crippen molar-refractivity contribution in [1.29, 1.82) is 0 Å². The van der Waals surface area contributed by atoms with Gasteiger partial charge >= 0.3 is 0 Å². The van der Waals surface area contributed by atoms with Crippen molar-refractivity contribution in [3.8, 4) is 11.4 Å². The van der Waals surface area contributed by atoms with Crippen LogP contribution in [0.3, 0.4) is 0 Å². The van der Waals surface area contributed by atoms with Crippen molar-refractivity contribution >= 4 is 11.6 Å². The van der Waals surface area contributed by atoms with Crippen LogP contribution in [0, 0.1) is 5.82 Å². The molecule has 0 aliphatic carbocycles. The van der Waals surface area contributed by atoms with Gasteiger partial charge in [-0.15, -0.1) is 0 Å². The molecule has 0 saturated heterocycles. The number of nitrogens with zero attached hydrogens (tertiary/aromatic N) is 3. The molecule has 2 aromatic carbocycles. The van der Waals surface area contributed by atoms with Crippen LogP contribution in [-0.2, 0) is 12.8 Å². The standard InChI is InChI=1S/C22H22FN3O2/c1-3-4-20-19-13-14-25(16-9-11-18(28-2)12-10-16)22(27)21(19)26(24-20)17-7-5-15(23)6-8-17/h5-12H,3-4,13-14H2,1-2H3. The largest absolute Gasteiger partial charge is 0.497 e. The SMILES string of the molecule is CCCc1nn(-c2ccc(F)cc2)c2c1CCN(c1ccc(OC)cc1)C2=O. The van der Waals surface area contributed by atoms with Gasteiger partial charge in [0, 0.05) is 17.8 Å². The predicted octanol–water partition coefficient (Wildman–Crippen LogP) is 4.18. The van der Waals surface area contributed by atoms with Gasteiger partial charge in [0.1, 0.15) is 17.3 Å². The van der Waals surface area contributed by atoms with Crippen molar-refractivity contribution in [2.75, 3.05) is 18.6 Å². The fraction of sp³-hybridized carbons (Fsp3) is 0.273. The Labute approximate surface area is 163 Å². The lowest BCUT2D eigenvalue weighted by molar-refractivity contribution is 0.0973. The lowest BCUT2D eigenvalue weighted by Crippen LogP contribution is -2.38. The molecule has 28 heavy (non-hydrogen) atoms. The smallest absolute Gasteiger partial charge is 0.277 e. The van der Waals surface area contributed by atoms with Crippen LogP contribution in [0.1, 0.15) is 35.1 Å². The van der Waals surface area contributed by atoms with Gasteiger partial charge in [0.15, 0.2) is 0 Å². The summed E-state index contributed by atoms with van der Waals surface area (Å²) in [6.07, 6.45) is 2.50. The molecule has 0 atom stereocenters. The first-order valence-electron chi connectivity index (χ1n) is 9.45. The first kappa shape index (κ1) is 18.2. The molecular formula is C22H22FN3O2. The molecule has 144 valence electrons. The number of methoxy groups -OCH3 is 1. The van der Waals surface area contributed by atoms with E-state index in [4.69, 9.17) is 9.84 Å². The van der Waals surface area contributed by atoms with E-state index < -0.39 is 0 Å². The first-order valence-corrected chi connectivity index (χ1v) is 9.45. The molecular weight excluding hydrogens is 357 g/mol. The Balaban J connectivity index is 1.78. The lowest BCUT2D eigenvalue weighted by atomic mass is 10.0. The molecule has 0 radical (unpaired) electrons. The van der Waals surface area contributed by atoms with Gasteiger partial charge in [0.2, 0.25) is 0 Å². The van der Waals surface area contributed by atoms with Gasteiger partial charge in [-0.2, -0.15) is 5.10 Å². The Hall–Kier alpha value is -3.15. The average Bonchev–Trinajstić information content (AvgIpc) is 3.09. The van der Waals surface area contributed by atoms with Crippen molar-refractivity contribution in [3.63, 3.8) is 0 Å². The van der Waals surface area contributed by atoms with Gasteiger partial charge in [-0.1, -0.05) is 13.3 Å². The second-order valence-corrected chi connectivity index (χ2v) is 6.82.